The molecule has 86 valence electrons. The molecule has 0 saturated heterocycles. The van der Waals surface area contributed by atoms with E-state index in [-0.39, 0.29) is 5.91 Å². The predicted molar refractivity (Wildman–Crippen MR) is 68.1 cm³/mol. The maximum atomic E-state index is 11.8. The number of rotatable bonds is 2. The normalized spacial score (nSPS) is 9.94. The molecule has 1 heterocycles. The van der Waals surface area contributed by atoms with E-state index in [1.807, 2.05) is 0 Å². The van der Waals surface area contributed by atoms with Crippen LogP contribution in [0.25, 0.3) is 0 Å². The summed E-state index contributed by atoms with van der Waals surface area (Å²) in [7, 11) is 0. The van der Waals surface area contributed by atoms with Crippen molar-refractivity contribution < 1.29 is 4.79 Å². The van der Waals surface area contributed by atoms with Crippen LogP contribution in [0.5, 0.6) is 0 Å². The van der Waals surface area contributed by atoms with Crippen molar-refractivity contribution in [3.63, 3.8) is 0 Å². The third-order valence-corrected chi connectivity index (χ3v) is 2.47. The highest BCUT2D eigenvalue weighted by Crippen LogP contribution is 2.18. The number of amides is 1. The summed E-state index contributed by atoms with van der Waals surface area (Å²) in [6.45, 7) is 0. The summed E-state index contributed by atoms with van der Waals surface area (Å²) < 4.78 is 0. The predicted octanol–water partition coefficient (Wildman–Crippen LogP) is 2.57. The average Bonchev–Trinajstić information content (AvgIpc) is 2.33. The van der Waals surface area contributed by atoms with Gasteiger partial charge in [0.2, 0.25) is 0 Å². The zero-order valence-electron chi connectivity index (χ0n) is 8.85. The van der Waals surface area contributed by atoms with Crippen molar-refractivity contribution in [2.45, 2.75) is 0 Å². The molecule has 0 unspecified atom stereocenters. The van der Waals surface area contributed by atoms with Crippen LogP contribution in [0.3, 0.4) is 0 Å². The molecule has 1 aromatic carbocycles. The van der Waals surface area contributed by atoms with Gasteiger partial charge in [-0.2, -0.15) is 0 Å². The molecule has 0 radical (unpaired) electrons. The van der Waals surface area contributed by atoms with E-state index in [0.717, 1.165) is 0 Å². The number of nitrogen functional groups attached to an aromatic ring is 1. The summed E-state index contributed by atoms with van der Waals surface area (Å²) in [5.41, 5.74) is 6.65. The second kappa shape index (κ2) is 4.84. The monoisotopic (exact) mass is 247 g/mol. The number of nitrogens with one attached hydrogen (secondary N) is 1. The molecule has 0 saturated carbocycles. The fourth-order valence-electron chi connectivity index (χ4n) is 1.29. The third kappa shape index (κ3) is 2.73. The van der Waals surface area contributed by atoms with Crippen LogP contribution in [-0.2, 0) is 0 Å². The first-order valence-electron chi connectivity index (χ1n) is 4.94. The van der Waals surface area contributed by atoms with Crippen molar-refractivity contribution in [2.24, 2.45) is 0 Å². The average molecular weight is 248 g/mol. The van der Waals surface area contributed by atoms with Crippen LogP contribution in [0.1, 0.15) is 10.4 Å². The number of hydrogen-bond donors (Lipinski definition) is 2. The molecule has 0 atom stereocenters. The molecule has 0 aliphatic heterocycles. The van der Waals surface area contributed by atoms with Gasteiger partial charge in [0.05, 0.1) is 5.02 Å². The highest BCUT2D eigenvalue weighted by molar-refractivity contribution is 6.33. The Labute approximate surface area is 103 Å². The van der Waals surface area contributed by atoms with E-state index in [0.29, 0.717) is 22.1 Å². The minimum absolute atomic E-state index is 0.273. The molecule has 5 heteroatoms. The molecule has 0 spiro atoms. The maximum absolute atomic E-state index is 11.8. The van der Waals surface area contributed by atoms with Crippen LogP contribution in [-0.4, -0.2) is 10.9 Å². The fraction of sp³-hybridized carbons (Fsp3) is 0. The SMILES string of the molecule is Nc1ccc(C(=O)Nc2ncccc2Cl)cc1. The van der Waals surface area contributed by atoms with Gasteiger partial charge in [-0.3, -0.25) is 4.79 Å². The van der Waals surface area contributed by atoms with Crippen LogP contribution < -0.4 is 11.1 Å². The standard InChI is InChI=1S/C12H10ClN3O/c13-10-2-1-7-15-11(10)16-12(17)8-3-5-9(14)6-4-8/h1-7H,14H2,(H,15,16,17). The molecular formula is C12H10ClN3O. The van der Waals surface area contributed by atoms with Gasteiger partial charge in [0.15, 0.2) is 5.82 Å². The summed E-state index contributed by atoms with van der Waals surface area (Å²) in [6.07, 6.45) is 1.56. The molecule has 1 amide bonds. The minimum atomic E-state index is -0.273. The molecule has 0 bridgehead atoms. The zero-order chi connectivity index (χ0) is 12.3. The molecule has 1 aromatic heterocycles. The summed E-state index contributed by atoms with van der Waals surface area (Å²) in [6, 6.07) is 9.96. The van der Waals surface area contributed by atoms with Gasteiger partial charge in [0.1, 0.15) is 0 Å². The van der Waals surface area contributed by atoms with Crippen molar-refractivity contribution in [3.05, 3.63) is 53.2 Å². The number of nitrogens with zero attached hydrogens (tertiary/aromatic N) is 1. The van der Waals surface area contributed by atoms with Crippen LogP contribution in [0.2, 0.25) is 5.02 Å². The van der Waals surface area contributed by atoms with E-state index in [2.05, 4.69) is 10.3 Å². The number of carbonyl (C=O) groups is 1. The van der Waals surface area contributed by atoms with Gasteiger partial charge in [0, 0.05) is 17.4 Å². The fourth-order valence-corrected chi connectivity index (χ4v) is 1.46. The Balaban J connectivity index is 2.17. The Kier molecular flexibility index (Phi) is 3.25. The van der Waals surface area contributed by atoms with Crippen molar-refractivity contribution in [2.75, 3.05) is 11.1 Å². The molecular weight excluding hydrogens is 238 g/mol. The van der Waals surface area contributed by atoms with Crippen molar-refractivity contribution in [1.82, 2.24) is 4.98 Å². The zero-order valence-corrected chi connectivity index (χ0v) is 9.61. The molecule has 17 heavy (non-hydrogen) atoms. The lowest BCUT2D eigenvalue weighted by molar-refractivity contribution is 0.102. The Morgan fingerprint density at radius 2 is 1.94 bits per heavy atom. The Morgan fingerprint density at radius 3 is 2.59 bits per heavy atom. The van der Waals surface area contributed by atoms with Gasteiger partial charge in [0.25, 0.3) is 5.91 Å². The van der Waals surface area contributed by atoms with Crippen molar-refractivity contribution in [3.8, 4) is 0 Å². The van der Waals surface area contributed by atoms with Crippen molar-refractivity contribution >= 4 is 29.0 Å². The second-order valence-corrected chi connectivity index (χ2v) is 3.82. The van der Waals surface area contributed by atoms with Gasteiger partial charge < -0.3 is 11.1 Å². The van der Waals surface area contributed by atoms with E-state index in [1.165, 1.54) is 0 Å². The summed E-state index contributed by atoms with van der Waals surface area (Å²) in [5.74, 6) is 0.0709. The first-order chi connectivity index (χ1) is 8.16. The van der Waals surface area contributed by atoms with E-state index in [9.17, 15) is 4.79 Å². The second-order valence-electron chi connectivity index (χ2n) is 3.41. The number of nitrogens with two attached hydrogens (primary N) is 1. The summed E-state index contributed by atoms with van der Waals surface area (Å²) in [4.78, 5) is 15.8. The van der Waals surface area contributed by atoms with E-state index >= 15 is 0 Å². The molecule has 4 nitrogen and oxygen atoms in total. The van der Waals surface area contributed by atoms with Crippen LogP contribution in [0, 0.1) is 0 Å². The van der Waals surface area contributed by atoms with E-state index in [1.54, 1.807) is 42.6 Å². The largest absolute Gasteiger partial charge is 0.399 e. The Bertz CT molecular complexity index is 540. The smallest absolute Gasteiger partial charge is 0.256 e. The van der Waals surface area contributed by atoms with E-state index < -0.39 is 0 Å². The topological polar surface area (TPSA) is 68.0 Å². The number of hydrogen-bond acceptors (Lipinski definition) is 3. The number of aromatic nitrogens is 1. The molecule has 2 rings (SSSR count). The lowest BCUT2D eigenvalue weighted by atomic mass is 10.2. The summed E-state index contributed by atoms with van der Waals surface area (Å²) in [5, 5.41) is 3.02. The Hall–Kier alpha value is -2.07. The minimum Gasteiger partial charge on any atom is -0.399 e. The number of halogens is 1. The van der Waals surface area contributed by atoms with Gasteiger partial charge in [-0.05, 0) is 36.4 Å². The van der Waals surface area contributed by atoms with Gasteiger partial charge in [-0.1, -0.05) is 11.6 Å². The lowest BCUT2D eigenvalue weighted by Crippen LogP contribution is -2.13. The number of carbonyl (C=O) groups excluding carboxylic acids is 1. The van der Waals surface area contributed by atoms with Crippen molar-refractivity contribution in [1.29, 1.82) is 0 Å². The molecule has 0 fully saturated rings. The van der Waals surface area contributed by atoms with E-state index in [4.69, 9.17) is 17.3 Å². The number of pyridine rings is 1. The van der Waals surface area contributed by atoms with Crippen LogP contribution >= 0.6 is 11.6 Å². The van der Waals surface area contributed by atoms with Crippen LogP contribution in [0.15, 0.2) is 42.6 Å². The number of anilines is 2. The highest BCUT2D eigenvalue weighted by Gasteiger charge is 2.08. The van der Waals surface area contributed by atoms with Crippen LogP contribution in [0.4, 0.5) is 11.5 Å². The number of benzene rings is 1. The van der Waals surface area contributed by atoms with Gasteiger partial charge in [-0.25, -0.2) is 4.98 Å². The highest BCUT2D eigenvalue weighted by atomic mass is 35.5. The molecule has 3 N–H and O–H groups in total. The quantitative estimate of drug-likeness (QED) is 0.802. The maximum Gasteiger partial charge on any atom is 0.256 e. The van der Waals surface area contributed by atoms with Gasteiger partial charge in [-0.15, -0.1) is 0 Å². The lowest BCUT2D eigenvalue weighted by Gasteiger charge is -2.05. The Morgan fingerprint density at radius 1 is 1.24 bits per heavy atom. The first-order valence-corrected chi connectivity index (χ1v) is 5.32. The molecule has 0 aliphatic rings. The molecule has 2 aromatic rings. The van der Waals surface area contributed by atoms with Gasteiger partial charge >= 0.3 is 0 Å². The third-order valence-electron chi connectivity index (χ3n) is 2.16. The summed E-state index contributed by atoms with van der Waals surface area (Å²) >= 11 is 5.88. The molecule has 0 aliphatic carbocycles. The first kappa shape index (κ1) is 11.4.